The molecule has 1 unspecified atom stereocenters. The van der Waals surface area contributed by atoms with E-state index in [9.17, 15) is 22.8 Å². The number of aromatic nitrogens is 3. The largest absolute Gasteiger partial charge is 0.413 e. The predicted octanol–water partition coefficient (Wildman–Crippen LogP) is 1.95. The summed E-state index contributed by atoms with van der Waals surface area (Å²) in [6.07, 6.45) is -0.983. The minimum absolute atomic E-state index is 0.0322. The molecule has 2 aromatic heterocycles. The zero-order valence-corrected chi connectivity index (χ0v) is 17.6. The van der Waals surface area contributed by atoms with Crippen LogP contribution in [0, 0.1) is 6.92 Å². The molecular formula is C21H22F3N5O3. The molecule has 0 aliphatic carbocycles. The molecule has 3 aliphatic rings. The molecule has 2 fully saturated rings. The van der Waals surface area contributed by atoms with Crippen molar-refractivity contribution in [1.29, 1.82) is 0 Å². The molecule has 0 radical (unpaired) electrons. The molecule has 8 nitrogen and oxygen atoms in total. The predicted molar refractivity (Wildman–Crippen MR) is 109 cm³/mol. The molecular weight excluding hydrogens is 427 g/mol. The van der Waals surface area contributed by atoms with E-state index in [-0.39, 0.29) is 23.7 Å². The Morgan fingerprint density at radius 2 is 2.09 bits per heavy atom. The summed E-state index contributed by atoms with van der Waals surface area (Å²) in [5.41, 5.74) is -2.10. The maximum atomic E-state index is 14.2. The molecule has 0 amide bonds. The lowest BCUT2D eigenvalue weighted by atomic mass is 10.00. The van der Waals surface area contributed by atoms with Crippen molar-refractivity contribution < 1.29 is 22.7 Å². The minimum atomic E-state index is -4.70. The van der Waals surface area contributed by atoms with Crippen LogP contribution in [0.15, 0.2) is 29.3 Å². The van der Waals surface area contributed by atoms with Gasteiger partial charge in [0.15, 0.2) is 11.3 Å². The van der Waals surface area contributed by atoms with Gasteiger partial charge in [-0.2, -0.15) is 18.2 Å². The van der Waals surface area contributed by atoms with E-state index in [4.69, 9.17) is 4.74 Å². The summed E-state index contributed by atoms with van der Waals surface area (Å²) in [4.78, 5) is 37.0. The number of alkyl halides is 3. The van der Waals surface area contributed by atoms with Gasteiger partial charge < -0.3 is 14.5 Å². The van der Waals surface area contributed by atoms with Crippen LogP contribution in [0.1, 0.15) is 29.3 Å². The number of ketones is 1. The zero-order valence-electron chi connectivity index (χ0n) is 17.6. The van der Waals surface area contributed by atoms with Crippen molar-refractivity contribution >= 4 is 17.5 Å². The normalized spacial score (nSPS) is 26.7. The lowest BCUT2D eigenvalue weighted by Crippen LogP contribution is -2.57. The monoisotopic (exact) mass is 449 g/mol. The van der Waals surface area contributed by atoms with E-state index in [1.165, 1.54) is 12.3 Å². The molecule has 32 heavy (non-hydrogen) atoms. The first-order chi connectivity index (χ1) is 15.1. The van der Waals surface area contributed by atoms with Gasteiger partial charge in [-0.3, -0.25) is 19.1 Å². The SMILES string of the molecule is Cc1cncc(C(=O)CN2c3nc(N4C[C@@H]5C[C@H]4CO5)cc(=O)n3CC2(C)C(F)(F)F)c1. The second-order valence-electron chi connectivity index (χ2n) is 8.87. The van der Waals surface area contributed by atoms with E-state index < -0.39 is 36.1 Å². The zero-order chi connectivity index (χ0) is 22.8. The number of halogens is 3. The standard InChI is InChI=1S/C21H22F3N5O3/c1-12-3-13(7-25-6-12)16(30)9-29-19-26-17(27-8-15-4-14(27)10-32-15)5-18(31)28(19)11-20(29,2)21(22,23)24/h3,5-7,14-15H,4,8-11H2,1-2H3/t14-,15-,20?/m0/s1. The number of pyridine rings is 1. The first-order valence-corrected chi connectivity index (χ1v) is 10.4. The number of carbonyl (C=O) groups is 1. The lowest BCUT2D eigenvalue weighted by molar-refractivity contribution is -0.181. The van der Waals surface area contributed by atoms with Gasteiger partial charge in [0, 0.05) is 30.6 Å². The Morgan fingerprint density at radius 3 is 2.72 bits per heavy atom. The maximum Gasteiger partial charge on any atom is 0.413 e. The van der Waals surface area contributed by atoms with Gasteiger partial charge in [-0.25, -0.2) is 0 Å². The number of hydrogen-bond acceptors (Lipinski definition) is 7. The summed E-state index contributed by atoms with van der Waals surface area (Å²) in [6.45, 7) is 2.56. The Labute approximate surface area is 181 Å². The third kappa shape index (κ3) is 3.17. The third-order valence-corrected chi connectivity index (χ3v) is 6.58. The van der Waals surface area contributed by atoms with Gasteiger partial charge >= 0.3 is 6.18 Å². The average Bonchev–Trinajstić information content (AvgIpc) is 3.42. The van der Waals surface area contributed by atoms with E-state index in [0.717, 1.165) is 28.4 Å². The molecule has 170 valence electrons. The van der Waals surface area contributed by atoms with Crippen LogP contribution >= 0.6 is 0 Å². The molecule has 0 aromatic carbocycles. The van der Waals surface area contributed by atoms with Gasteiger partial charge in [-0.05, 0) is 31.9 Å². The van der Waals surface area contributed by atoms with Crippen molar-refractivity contribution in [2.24, 2.45) is 0 Å². The number of morpholine rings is 1. The highest BCUT2D eigenvalue weighted by atomic mass is 19.4. The summed E-state index contributed by atoms with van der Waals surface area (Å²) in [5.74, 6) is -0.360. The van der Waals surface area contributed by atoms with Crippen LogP contribution in [-0.4, -0.2) is 63.9 Å². The van der Waals surface area contributed by atoms with Gasteiger partial charge in [0.2, 0.25) is 5.95 Å². The maximum absolute atomic E-state index is 14.2. The molecule has 2 saturated heterocycles. The van der Waals surface area contributed by atoms with Crippen LogP contribution < -0.4 is 15.4 Å². The fraction of sp³-hybridized carbons (Fsp3) is 0.524. The van der Waals surface area contributed by atoms with Gasteiger partial charge in [-0.1, -0.05) is 0 Å². The molecule has 0 N–H and O–H groups in total. The number of Topliss-reactive ketones (excluding diaryl/α,β-unsaturated/α-hetero) is 1. The summed E-state index contributed by atoms with van der Waals surface area (Å²) >= 11 is 0. The fourth-order valence-corrected chi connectivity index (χ4v) is 4.71. The lowest BCUT2D eigenvalue weighted by Gasteiger charge is -2.36. The fourth-order valence-electron chi connectivity index (χ4n) is 4.71. The Bertz CT molecular complexity index is 1150. The highest BCUT2D eigenvalue weighted by Crippen LogP contribution is 2.43. The molecule has 0 spiro atoms. The van der Waals surface area contributed by atoms with E-state index in [1.807, 2.05) is 4.90 Å². The summed E-state index contributed by atoms with van der Waals surface area (Å²) in [5, 5.41) is 0. The van der Waals surface area contributed by atoms with Crippen LogP contribution in [0.4, 0.5) is 24.9 Å². The molecule has 5 rings (SSSR count). The topological polar surface area (TPSA) is 80.6 Å². The summed E-state index contributed by atoms with van der Waals surface area (Å²) < 4.78 is 49.2. The van der Waals surface area contributed by atoms with Crippen molar-refractivity contribution in [2.75, 3.05) is 29.5 Å². The van der Waals surface area contributed by atoms with Gasteiger partial charge in [0.05, 0.1) is 31.8 Å². The quantitative estimate of drug-likeness (QED) is 0.660. The number of fused-ring (bicyclic) bond motifs is 3. The first-order valence-electron chi connectivity index (χ1n) is 10.4. The molecule has 0 saturated carbocycles. The molecule has 11 heteroatoms. The number of nitrogens with zero attached hydrogens (tertiary/aromatic N) is 5. The Morgan fingerprint density at radius 1 is 1.31 bits per heavy atom. The van der Waals surface area contributed by atoms with Crippen LogP contribution in [0.25, 0.3) is 0 Å². The van der Waals surface area contributed by atoms with E-state index in [0.29, 0.717) is 19.0 Å². The van der Waals surface area contributed by atoms with Crippen molar-refractivity contribution in [3.8, 4) is 0 Å². The van der Waals surface area contributed by atoms with Crippen molar-refractivity contribution in [1.82, 2.24) is 14.5 Å². The van der Waals surface area contributed by atoms with Gasteiger partial charge in [0.25, 0.3) is 5.56 Å². The van der Waals surface area contributed by atoms with Crippen LogP contribution in [0.2, 0.25) is 0 Å². The number of anilines is 2. The number of aryl methyl sites for hydroxylation is 1. The summed E-state index contributed by atoms with van der Waals surface area (Å²) in [6, 6.07) is 2.89. The first kappa shape index (κ1) is 20.9. The van der Waals surface area contributed by atoms with Crippen LogP contribution in [0.5, 0.6) is 0 Å². The van der Waals surface area contributed by atoms with Crippen LogP contribution in [-0.2, 0) is 11.3 Å². The Hall–Kier alpha value is -2.95. The number of carbonyl (C=O) groups excluding carboxylic acids is 1. The van der Waals surface area contributed by atoms with Crippen molar-refractivity contribution in [3.63, 3.8) is 0 Å². The van der Waals surface area contributed by atoms with Crippen molar-refractivity contribution in [2.45, 2.75) is 50.7 Å². The Balaban J connectivity index is 1.56. The Kier molecular flexibility index (Phi) is 4.59. The molecule has 2 aromatic rings. The molecule has 3 atom stereocenters. The van der Waals surface area contributed by atoms with E-state index in [2.05, 4.69) is 9.97 Å². The molecule has 3 aliphatic heterocycles. The average molecular weight is 449 g/mol. The molecule has 2 bridgehead atoms. The highest BCUT2D eigenvalue weighted by Gasteiger charge is 2.60. The number of hydrogen-bond donors (Lipinski definition) is 0. The smallest absolute Gasteiger partial charge is 0.374 e. The second-order valence-corrected chi connectivity index (χ2v) is 8.87. The second kappa shape index (κ2) is 7.03. The summed E-state index contributed by atoms with van der Waals surface area (Å²) in [7, 11) is 0. The highest BCUT2D eigenvalue weighted by molar-refractivity contribution is 5.99. The minimum Gasteiger partial charge on any atom is -0.374 e. The van der Waals surface area contributed by atoms with Crippen molar-refractivity contribution in [3.05, 3.63) is 46.0 Å². The van der Waals surface area contributed by atoms with Crippen LogP contribution in [0.3, 0.4) is 0 Å². The molecule has 5 heterocycles. The number of rotatable bonds is 4. The van der Waals surface area contributed by atoms with E-state index in [1.54, 1.807) is 19.2 Å². The van der Waals surface area contributed by atoms with Gasteiger partial charge in [0.1, 0.15) is 5.82 Å². The number of ether oxygens (including phenoxy) is 1. The van der Waals surface area contributed by atoms with E-state index >= 15 is 0 Å². The van der Waals surface area contributed by atoms with Gasteiger partial charge in [-0.15, -0.1) is 0 Å². The third-order valence-electron chi connectivity index (χ3n) is 6.58.